The highest BCUT2D eigenvalue weighted by atomic mass is 19.4. The fraction of sp³-hybridized carbons (Fsp3) is 0.346. The van der Waals surface area contributed by atoms with Crippen LogP contribution in [0.25, 0.3) is 0 Å². The zero-order valence-electron chi connectivity index (χ0n) is 19.6. The van der Waals surface area contributed by atoms with Gasteiger partial charge < -0.3 is 10.1 Å². The first-order chi connectivity index (χ1) is 16.7. The molecule has 0 amide bonds. The number of ether oxygens (including phenoxy) is 1. The number of nitrogens with zero attached hydrogens (tertiary/aromatic N) is 3. The fourth-order valence-corrected chi connectivity index (χ4v) is 4.82. The number of methoxy groups -OCH3 is 1. The molecule has 1 N–H and O–H groups in total. The van der Waals surface area contributed by atoms with Crippen molar-refractivity contribution in [3.05, 3.63) is 82.3 Å². The topological polar surface area (TPSA) is 69.0 Å². The Bertz CT molecular complexity index is 1290. The van der Waals surface area contributed by atoms with Crippen molar-refractivity contribution in [3.63, 3.8) is 0 Å². The van der Waals surface area contributed by atoms with Gasteiger partial charge in [-0.3, -0.25) is 4.79 Å². The fourth-order valence-electron chi connectivity index (χ4n) is 4.82. The van der Waals surface area contributed by atoms with Gasteiger partial charge in [-0.1, -0.05) is 50.2 Å². The molecule has 0 saturated heterocycles. The monoisotopic (exact) mass is 482 g/mol. The van der Waals surface area contributed by atoms with E-state index < -0.39 is 18.0 Å². The molecule has 3 aromatic rings. The van der Waals surface area contributed by atoms with Crippen molar-refractivity contribution in [3.8, 4) is 5.75 Å². The number of carbonyl (C=O) groups is 1. The number of halogens is 3. The molecule has 1 aromatic heterocycles. The molecule has 2 atom stereocenters. The largest absolute Gasteiger partial charge is 0.497 e. The first-order valence-corrected chi connectivity index (χ1v) is 11.5. The van der Waals surface area contributed by atoms with E-state index in [2.05, 4.69) is 29.2 Å². The number of carbonyl (C=O) groups excluding carboxylic acids is 1. The maximum absolute atomic E-state index is 13.5. The van der Waals surface area contributed by atoms with E-state index in [4.69, 9.17) is 4.74 Å². The summed E-state index contributed by atoms with van der Waals surface area (Å²) in [5.74, 6) is -0.469. The molecule has 0 bridgehead atoms. The summed E-state index contributed by atoms with van der Waals surface area (Å²) in [5.41, 5.74) is 3.79. The number of anilines is 1. The maximum atomic E-state index is 13.5. The number of aromatic nitrogens is 3. The molecule has 35 heavy (non-hydrogen) atoms. The summed E-state index contributed by atoms with van der Waals surface area (Å²) in [7, 11) is 1.58. The third kappa shape index (κ3) is 4.19. The zero-order valence-corrected chi connectivity index (χ0v) is 19.6. The average molecular weight is 483 g/mol. The standard InChI is InChI=1S/C26H25F3N4O2/c1-14(2)15-4-6-17(7-5-15)23-22-20(30-25-31-24(26(27,28)29)32-33(23)25)12-18(13-21(22)34)16-8-10-19(35-3)11-9-16/h4-11,14,18,23H,12-13H2,1-3H3,(H,30,31,32)/t18-,23+/m1/s1. The van der Waals surface area contributed by atoms with Crippen molar-refractivity contribution in [2.75, 3.05) is 12.4 Å². The number of hydrogen-bond donors (Lipinski definition) is 1. The first-order valence-electron chi connectivity index (χ1n) is 11.5. The van der Waals surface area contributed by atoms with Gasteiger partial charge in [0.15, 0.2) is 5.78 Å². The number of Topliss-reactive ketones (excluding diaryl/α,β-unsaturated/α-hetero) is 1. The SMILES string of the molecule is COc1ccc([C@H]2CC(=O)C3=C(C2)Nc2nc(C(F)(F)F)nn2[C@H]3c2ccc(C(C)C)cc2)cc1. The number of allylic oxidation sites excluding steroid dienone is 2. The minimum absolute atomic E-state index is 0.0165. The van der Waals surface area contributed by atoms with Gasteiger partial charge >= 0.3 is 6.18 Å². The lowest BCUT2D eigenvalue weighted by Gasteiger charge is -2.35. The second kappa shape index (κ2) is 8.55. The number of fused-ring (bicyclic) bond motifs is 1. The van der Waals surface area contributed by atoms with Crippen LogP contribution in [-0.4, -0.2) is 27.7 Å². The normalized spacial score (nSPS) is 19.9. The van der Waals surface area contributed by atoms with Gasteiger partial charge in [0.05, 0.1) is 7.11 Å². The Hall–Kier alpha value is -3.62. The average Bonchev–Trinajstić information content (AvgIpc) is 3.27. The van der Waals surface area contributed by atoms with E-state index >= 15 is 0 Å². The van der Waals surface area contributed by atoms with Crippen LogP contribution < -0.4 is 10.1 Å². The van der Waals surface area contributed by atoms with Crippen LogP contribution in [0, 0.1) is 0 Å². The Balaban J connectivity index is 1.58. The first kappa shape index (κ1) is 23.1. The zero-order chi connectivity index (χ0) is 24.9. The highest BCUT2D eigenvalue weighted by Gasteiger charge is 2.43. The lowest BCUT2D eigenvalue weighted by Crippen LogP contribution is -2.33. The molecule has 0 unspecified atom stereocenters. The number of benzene rings is 2. The smallest absolute Gasteiger partial charge is 0.453 e. The van der Waals surface area contributed by atoms with E-state index in [9.17, 15) is 18.0 Å². The van der Waals surface area contributed by atoms with E-state index in [1.807, 2.05) is 48.5 Å². The summed E-state index contributed by atoms with van der Waals surface area (Å²) in [4.78, 5) is 17.2. The molecule has 2 aliphatic rings. The van der Waals surface area contributed by atoms with Crippen LogP contribution in [0.2, 0.25) is 0 Å². The van der Waals surface area contributed by atoms with E-state index in [-0.39, 0.29) is 24.1 Å². The predicted octanol–water partition coefficient (Wildman–Crippen LogP) is 5.84. The van der Waals surface area contributed by atoms with Crippen LogP contribution in [0.5, 0.6) is 5.75 Å². The quantitative estimate of drug-likeness (QED) is 0.506. The van der Waals surface area contributed by atoms with Crippen LogP contribution in [0.15, 0.2) is 59.8 Å². The predicted molar refractivity (Wildman–Crippen MR) is 124 cm³/mol. The van der Waals surface area contributed by atoms with Gasteiger partial charge in [-0.15, -0.1) is 5.10 Å². The molecule has 182 valence electrons. The van der Waals surface area contributed by atoms with E-state index in [1.54, 1.807) is 7.11 Å². The molecule has 1 aliphatic heterocycles. The Morgan fingerprint density at radius 2 is 1.69 bits per heavy atom. The molecule has 6 nitrogen and oxygen atoms in total. The van der Waals surface area contributed by atoms with Gasteiger partial charge in [0.25, 0.3) is 5.82 Å². The summed E-state index contributed by atoms with van der Waals surface area (Å²) in [6, 6.07) is 14.3. The van der Waals surface area contributed by atoms with Crippen molar-refractivity contribution in [1.82, 2.24) is 14.8 Å². The second-order valence-corrected chi connectivity index (χ2v) is 9.24. The molecule has 2 aromatic carbocycles. The van der Waals surface area contributed by atoms with Gasteiger partial charge in [-0.25, -0.2) is 4.68 Å². The van der Waals surface area contributed by atoms with Gasteiger partial charge in [-0.05, 0) is 47.1 Å². The number of ketones is 1. The number of rotatable bonds is 4. The highest BCUT2D eigenvalue weighted by molar-refractivity contribution is 6.00. The molecule has 0 spiro atoms. The third-order valence-corrected chi connectivity index (χ3v) is 6.68. The third-order valence-electron chi connectivity index (χ3n) is 6.68. The summed E-state index contributed by atoms with van der Waals surface area (Å²) in [6.45, 7) is 4.13. The summed E-state index contributed by atoms with van der Waals surface area (Å²) in [6.07, 6.45) is -3.97. The van der Waals surface area contributed by atoms with Crippen molar-refractivity contribution in [2.45, 2.75) is 50.7 Å². The van der Waals surface area contributed by atoms with Crippen LogP contribution in [-0.2, 0) is 11.0 Å². The Morgan fingerprint density at radius 1 is 1.03 bits per heavy atom. The summed E-state index contributed by atoms with van der Waals surface area (Å²) in [5, 5.41) is 6.77. The highest BCUT2D eigenvalue weighted by Crippen LogP contribution is 2.45. The second-order valence-electron chi connectivity index (χ2n) is 9.24. The molecule has 2 heterocycles. The Kier molecular flexibility index (Phi) is 5.65. The molecular formula is C26H25F3N4O2. The molecule has 0 fully saturated rings. The van der Waals surface area contributed by atoms with Gasteiger partial charge in [0.1, 0.15) is 11.8 Å². The van der Waals surface area contributed by atoms with Crippen molar-refractivity contribution >= 4 is 11.7 Å². The molecular weight excluding hydrogens is 457 g/mol. The van der Waals surface area contributed by atoms with Crippen molar-refractivity contribution in [2.24, 2.45) is 0 Å². The van der Waals surface area contributed by atoms with Crippen LogP contribution in [0.4, 0.5) is 19.1 Å². The van der Waals surface area contributed by atoms with Gasteiger partial charge in [0, 0.05) is 17.7 Å². The lowest BCUT2D eigenvalue weighted by molar-refractivity contribution is -0.145. The minimum Gasteiger partial charge on any atom is -0.497 e. The molecule has 0 saturated carbocycles. The van der Waals surface area contributed by atoms with E-state index in [1.165, 1.54) is 4.68 Å². The number of hydrogen-bond acceptors (Lipinski definition) is 5. The summed E-state index contributed by atoms with van der Waals surface area (Å²) < 4.78 is 46.9. The Morgan fingerprint density at radius 3 is 2.29 bits per heavy atom. The van der Waals surface area contributed by atoms with Crippen LogP contribution in [0.1, 0.15) is 67.1 Å². The van der Waals surface area contributed by atoms with Crippen LogP contribution in [0.3, 0.4) is 0 Å². The van der Waals surface area contributed by atoms with Crippen molar-refractivity contribution in [1.29, 1.82) is 0 Å². The molecule has 0 radical (unpaired) electrons. The molecule has 9 heteroatoms. The van der Waals surface area contributed by atoms with Crippen LogP contribution >= 0.6 is 0 Å². The van der Waals surface area contributed by atoms with Crippen molar-refractivity contribution < 1.29 is 22.7 Å². The van der Waals surface area contributed by atoms with Gasteiger partial charge in [0.2, 0.25) is 5.95 Å². The molecule has 1 aliphatic carbocycles. The summed E-state index contributed by atoms with van der Waals surface area (Å²) >= 11 is 0. The minimum atomic E-state index is -4.70. The number of nitrogens with one attached hydrogen (secondary N) is 1. The van der Waals surface area contributed by atoms with Gasteiger partial charge in [-0.2, -0.15) is 18.2 Å². The maximum Gasteiger partial charge on any atom is 0.453 e. The van der Waals surface area contributed by atoms with E-state index in [0.717, 1.165) is 11.1 Å². The van der Waals surface area contributed by atoms with E-state index in [0.29, 0.717) is 34.9 Å². The number of alkyl halides is 3. The molecule has 5 rings (SSSR count). The lowest BCUT2D eigenvalue weighted by atomic mass is 9.78. The Labute approximate surface area is 200 Å².